The van der Waals surface area contributed by atoms with Crippen LogP contribution in [0.25, 0.3) is 0 Å². The Hall–Kier alpha value is -1.33. The summed E-state index contributed by atoms with van der Waals surface area (Å²) < 4.78 is 4.79. The third-order valence-corrected chi connectivity index (χ3v) is 3.20. The molecule has 0 amide bonds. The molecular weight excluding hydrogens is 293 g/mol. The number of carboxylic acid groups (broad SMARTS) is 1. The average Bonchev–Trinajstić information content (AvgIpc) is 2.32. The number of aromatic nitrogens is 1. The first kappa shape index (κ1) is 15.7. The highest BCUT2D eigenvalue weighted by Crippen LogP contribution is 2.29. The standard InChI is InChI=1S/C12H13Cl2NO4/c1-3-19-11(18)12(2,10(16)17)5-7-6-15-9(14)4-8(7)13/h4,6H,3,5H2,1-2H3,(H,16,17). The van der Waals surface area contributed by atoms with Crippen molar-refractivity contribution in [1.82, 2.24) is 4.98 Å². The van der Waals surface area contributed by atoms with Gasteiger partial charge in [-0.25, -0.2) is 4.98 Å². The van der Waals surface area contributed by atoms with E-state index < -0.39 is 17.4 Å². The predicted octanol–water partition coefficient (Wildman–Crippen LogP) is 2.58. The zero-order chi connectivity index (χ0) is 14.6. The van der Waals surface area contributed by atoms with Crippen LogP contribution in [0.2, 0.25) is 10.2 Å². The molecule has 0 aliphatic carbocycles. The summed E-state index contributed by atoms with van der Waals surface area (Å²) in [5.41, 5.74) is -1.29. The number of hydrogen-bond donors (Lipinski definition) is 1. The molecule has 0 saturated heterocycles. The van der Waals surface area contributed by atoms with Crippen LogP contribution >= 0.6 is 23.2 Å². The van der Waals surface area contributed by atoms with E-state index in [1.807, 2.05) is 0 Å². The number of carboxylic acids is 1. The number of aliphatic carboxylic acids is 1. The number of nitrogens with zero attached hydrogens (tertiary/aromatic N) is 1. The molecule has 1 rings (SSSR count). The SMILES string of the molecule is CCOC(=O)C(C)(Cc1cnc(Cl)cc1Cl)C(=O)O. The van der Waals surface area contributed by atoms with Crippen molar-refractivity contribution in [2.24, 2.45) is 5.41 Å². The van der Waals surface area contributed by atoms with Crippen molar-refractivity contribution in [3.8, 4) is 0 Å². The third kappa shape index (κ3) is 3.58. The zero-order valence-corrected chi connectivity index (χ0v) is 12.0. The molecule has 1 heterocycles. The molecule has 0 spiro atoms. The van der Waals surface area contributed by atoms with Crippen molar-refractivity contribution in [3.05, 3.63) is 28.0 Å². The molecule has 104 valence electrons. The van der Waals surface area contributed by atoms with E-state index in [0.717, 1.165) is 0 Å². The summed E-state index contributed by atoms with van der Waals surface area (Å²) in [4.78, 5) is 27.0. The Morgan fingerprint density at radius 3 is 2.58 bits per heavy atom. The lowest BCUT2D eigenvalue weighted by molar-refractivity contribution is -0.167. The van der Waals surface area contributed by atoms with Crippen molar-refractivity contribution in [3.63, 3.8) is 0 Å². The van der Waals surface area contributed by atoms with Crippen LogP contribution in [0.1, 0.15) is 19.4 Å². The molecular formula is C12H13Cl2NO4. The van der Waals surface area contributed by atoms with E-state index in [-0.39, 0.29) is 23.2 Å². The van der Waals surface area contributed by atoms with E-state index in [4.69, 9.17) is 27.9 Å². The summed E-state index contributed by atoms with van der Waals surface area (Å²) in [6.45, 7) is 3.00. The molecule has 5 nitrogen and oxygen atoms in total. The van der Waals surface area contributed by atoms with E-state index in [0.29, 0.717) is 5.56 Å². The van der Waals surface area contributed by atoms with Crippen molar-refractivity contribution in [2.75, 3.05) is 6.61 Å². The van der Waals surface area contributed by atoms with E-state index >= 15 is 0 Å². The Morgan fingerprint density at radius 2 is 2.11 bits per heavy atom. The lowest BCUT2D eigenvalue weighted by Gasteiger charge is -2.22. The Bertz CT molecular complexity index is 507. The number of ether oxygens (including phenoxy) is 1. The molecule has 0 bridgehead atoms. The molecule has 0 aliphatic rings. The molecule has 0 aliphatic heterocycles. The maximum absolute atomic E-state index is 11.8. The van der Waals surface area contributed by atoms with Gasteiger partial charge < -0.3 is 9.84 Å². The van der Waals surface area contributed by atoms with E-state index in [9.17, 15) is 14.7 Å². The summed E-state index contributed by atoms with van der Waals surface area (Å²) in [6.07, 6.45) is 1.23. The van der Waals surface area contributed by atoms with E-state index in [1.54, 1.807) is 6.92 Å². The highest BCUT2D eigenvalue weighted by Gasteiger charge is 2.43. The molecule has 0 radical (unpaired) electrons. The van der Waals surface area contributed by atoms with Gasteiger partial charge in [-0.1, -0.05) is 23.2 Å². The highest BCUT2D eigenvalue weighted by molar-refractivity contribution is 6.34. The molecule has 0 aromatic carbocycles. The second-order valence-corrected chi connectivity index (χ2v) is 4.93. The molecule has 7 heteroatoms. The number of carbonyl (C=O) groups is 2. The summed E-state index contributed by atoms with van der Waals surface area (Å²) >= 11 is 11.6. The Balaban J connectivity index is 3.08. The average molecular weight is 306 g/mol. The Labute approximate surface area is 120 Å². The van der Waals surface area contributed by atoms with E-state index in [1.165, 1.54) is 19.2 Å². The summed E-state index contributed by atoms with van der Waals surface area (Å²) in [5, 5.41) is 9.70. The van der Waals surface area contributed by atoms with Gasteiger partial charge in [0.05, 0.1) is 6.61 Å². The maximum Gasteiger partial charge on any atom is 0.323 e. The van der Waals surface area contributed by atoms with Gasteiger partial charge in [-0.05, 0) is 25.5 Å². The number of esters is 1. The van der Waals surface area contributed by atoms with Crippen molar-refractivity contribution >= 4 is 35.1 Å². The minimum atomic E-state index is -1.71. The van der Waals surface area contributed by atoms with Crippen molar-refractivity contribution in [1.29, 1.82) is 0 Å². The molecule has 1 atom stereocenters. The van der Waals surface area contributed by atoms with Crippen LogP contribution in [-0.2, 0) is 20.7 Å². The van der Waals surface area contributed by atoms with Crippen molar-refractivity contribution < 1.29 is 19.4 Å². The van der Waals surface area contributed by atoms with Gasteiger partial charge in [0.2, 0.25) is 0 Å². The van der Waals surface area contributed by atoms with Gasteiger partial charge in [-0.3, -0.25) is 9.59 Å². The molecule has 1 aromatic rings. The van der Waals surface area contributed by atoms with Gasteiger partial charge in [0, 0.05) is 17.6 Å². The van der Waals surface area contributed by atoms with Gasteiger partial charge in [-0.15, -0.1) is 0 Å². The zero-order valence-electron chi connectivity index (χ0n) is 10.4. The van der Waals surface area contributed by atoms with Crippen LogP contribution in [0.3, 0.4) is 0 Å². The first-order chi connectivity index (χ1) is 8.81. The molecule has 19 heavy (non-hydrogen) atoms. The molecule has 1 unspecified atom stereocenters. The molecule has 0 saturated carbocycles. The third-order valence-electron chi connectivity index (χ3n) is 2.64. The van der Waals surface area contributed by atoms with E-state index in [2.05, 4.69) is 4.98 Å². The monoisotopic (exact) mass is 305 g/mol. The minimum Gasteiger partial charge on any atom is -0.480 e. The Morgan fingerprint density at radius 1 is 1.47 bits per heavy atom. The normalized spacial score (nSPS) is 13.7. The van der Waals surface area contributed by atoms with Gasteiger partial charge in [0.15, 0.2) is 5.41 Å². The van der Waals surface area contributed by atoms with Crippen LogP contribution in [0.4, 0.5) is 0 Å². The van der Waals surface area contributed by atoms with Gasteiger partial charge >= 0.3 is 11.9 Å². The molecule has 0 fully saturated rings. The first-order valence-corrected chi connectivity index (χ1v) is 6.27. The largest absolute Gasteiger partial charge is 0.480 e. The van der Waals surface area contributed by atoms with Crippen LogP contribution in [0.15, 0.2) is 12.3 Å². The van der Waals surface area contributed by atoms with Crippen molar-refractivity contribution in [2.45, 2.75) is 20.3 Å². The van der Waals surface area contributed by atoms with Gasteiger partial charge in [-0.2, -0.15) is 0 Å². The molecule has 1 aromatic heterocycles. The second kappa shape index (κ2) is 6.21. The number of rotatable bonds is 5. The first-order valence-electron chi connectivity index (χ1n) is 5.51. The quantitative estimate of drug-likeness (QED) is 0.514. The van der Waals surface area contributed by atoms with Crippen LogP contribution in [0, 0.1) is 5.41 Å². The highest BCUT2D eigenvalue weighted by atomic mass is 35.5. The van der Waals surface area contributed by atoms with Gasteiger partial charge in [0.25, 0.3) is 0 Å². The second-order valence-electron chi connectivity index (χ2n) is 4.13. The fourth-order valence-corrected chi connectivity index (χ4v) is 1.90. The maximum atomic E-state index is 11.8. The predicted molar refractivity (Wildman–Crippen MR) is 70.3 cm³/mol. The van der Waals surface area contributed by atoms with Crippen LogP contribution in [0.5, 0.6) is 0 Å². The smallest absolute Gasteiger partial charge is 0.323 e. The van der Waals surface area contributed by atoms with Crippen LogP contribution < -0.4 is 0 Å². The summed E-state index contributed by atoms with van der Waals surface area (Å²) in [5.74, 6) is -2.09. The number of hydrogen-bond acceptors (Lipinski definition) is 4. The number of pyridine rings is 1. The fraction of sp³-hybridized carbons (Fsp3) is 0.417. The number of carbonyl (C=O) groups excluding carboxylic acids is 1. The van der Waals surface area contributed by atoms with Gasteiger partial charge in [0.1, 0.15) is 5.15 Å². The molecule has 1 N–H and O–H groups in total. The fourth-order valence-electron chi connectivity index (χ4n) is 1.47. The minimum absolute atomic E-state index is 0.105. The van der Waals surface area contributed by atoms with Crippen LogP contribution in [-0.4, -0.2) is 28.6 Å². The lowest BCUT2D eigenvalue weighted by atomic mass is 9.84. The lowest BCUT2D eigenvalue weighted by Crippen LogP contribution is -2.40. The summed E-state index contributed by atoms with van der Waals surface area (Å²) in [7, 11) is 0. The Kier molecular flexibility index (Phi) is 5.14. The number of halogens is 2. The summed E-state index contributed by atoms with van der Waals surface area (Å²) in [6, 6.07) is 1.39. The topological polar surface area (TPSA) is 76.5 Å².